The van der Waals surface area contributed by atoms with Crippen molar-refractivity contribution in [3.05, 3.63) is 58.6 Å². The van der Waals surface area contributed by atoms with E-state index in [1.165, 1.54) is 31.1 Å². The number of benzene rings is 1. The Labute approximate surface area is 239 Å². The van der Waals surface area contributed by atoms with Gasteiger partial charge in [0.1, 0.15) is 30.0 Å². The van der Waals surface area contributed by atoms with Crippen LogP contribution in [0.5, 0.6) is 0 Å². The number of nitrogen functional groups attached to an aromatic ring is 1. The molecule has 3 aromatic rings. The molecule has 1 fully saturated rings. The summed E-state index contributed by atoms with van der Waals surface area (Å²) in [5.41, 5.74) is 6.42. The van der Waals surface area contributed by atoms with Gasteiger partial charge in [0.15, 0.2) is 5.82 Å². The molecule has 2 amide bonds. The lowest BCUT2D eigenvalue weighted by Gasteiger charge is -2.49. The van der Waals surface area contributed by atoms with Crippen LogP contribution in [0.4, 0.5) is 5.82 Å². The van der Waals surface area contributed by atoms with Gasteiger partial charge in [-0.3, -0.25) is 14.5 Å². The Bertz CT molecular complexity index is 1550. The van der Waals surface area contributed by atoms with Gasteiger partial charge in [-0.1, -0.05) is 28.5 Å². The fourth-order valence-corrected chi connectivity index (χ4v) is 6.27. The zero-order valence-electron chi connectivity index (χ0n) is 20.5. The second kappa shape index (κ2) is 11.5. The number of nitrogens with two attached hydrogens (primary N) is 1. The highest BCUT2D eigenvalue weighted by Crippen LogP contribution is 2.41. The highest BCUT2D eigenvalue weighted by Gasteiger charge is 2.54. The molecule has 4 N–H and O–H groups in total. The van der Waals surface area contributed by atoms with Crippen molar-refractivity contribution in [2.45, 2.75) is 16.6 Å². The minimum atomic E-state index is -1.26. The van der Waals surface area contributed by atoms with E-state index in [2.05, 4.69) is 30.6 Å². The summed E-state index contributed by atoms with van der Waals surface area (Å²) in [5.74, 6) is -1.82. The SMILES string of the molecule is CO/N=C(\C(=O)NC1C(=O)N2C(C(=O)O)=C(CSc3nnc(-c4ccc(Cl)cc4)o3)CS[C@H]12)c1nccc(N)n1. The van der Waals surface area contributed by atoms with E-state index in [-0.39, 0.29) is 34.0 Å². The number of nitrogens with zero attached hydrogens (tertiary/aromatic N) is 6. The number of halogens is 1. The first-order valence-electron chi connectivity index (χ1n) is 11.4. The fourth-order valence-electron chi connectivity index (χ4n) is 3.89. The minimum absolute atomic E-state index is 0.0926. The quantitative estimate of drug-likeness (QED) is 0.138. The van der Waals surface area contributed by atoms with Gasteiger partial charge >= 0.3 is 5.97 Å². The standard InChI is InChI=1S/C23H19ClN8O6S2/c1-37-31-14(17-26-7-6-13(25)27-17)18(33)28-15-20(34)32-16(22(35)36)11(8-39-21(15)32)9-40-23-30-29-19(38-23)10-2-4-12(24)5-3-10/h2-7,15,21H,8-9H2,1H3,(H,28,33)(H,35,36)(H2,25,26,27)/b31-14-/t15?,21-/m1/s1. The minimum Gasteiger partial charge on any atom is -0.477 e. The Hall–Kier alpha value is -4.15. The fraction of sp³-hybridized carbons (Fsp3) is 0.217. The number of hydrogen-bond acceptors (Lipinski definition) is 13. The number of rotatable bonds is 9. The first-order chi connectivity index (χ1) is 19.3. The number of hydrogen-bond donors (Lipinski definition) is 3. The van der Waals surface area contributed by atoms with E-state index in [4.69, 9.17) is 26.6 Å². The average Bonchev–Trinajstić information content (AvgIpc) is 3.42. The summed E-state index contributed by atoms with van der Waals surface area (Å²) in [7, 11) is 1.24. The Kier molecular flexibility index (Phi) is 7.90. The van der Waals surface area contributed by atoms with Gasteiger partial charge in [0.05, 0.1) is 0 Å². The van der Waals surface area contributed by atoms with Crippen molar-refractivity contribution in [1.29, 1.82) is 0 Å². The Morgan fingerprint density at radius 2 is 2.10 bits per heavy atom. The van der Waals surface area contributed by atoms with Crippen molar-refractivity contribution in [2.24, 2.45) is 5.16 Å². The molecule has 0 saturated carbocycles. The second-order valence-corrected chi connectivity index (χ2v) is 10.7. The lowest BCUT2D eigenvalue weighted by Crippen LogP contribution is -2.71. The van der Waals surface area contributed by atoms with Crippen LogP contribution in [-0.4, -0.2) is 83.7 Å². The molecule has 40 heavy (non-hydrogen) atoms. The van der Waals surface area contributed by atoms with Gasteiger partial charge < -0.3 is 25.4 Å². The molecular formula is C23H19ClN8O6S2. The number of carbonyl (C=O) groups is 3. The monoisotopic (exact) mass is 602 g/mol. The van der Waals surface area contributed by atoms with Gasteiger partial charge in [-0.05, 0) is 35.9 Å². The number of nitrogens with one attached hydrogen (secondary N) is 1. The van der Waals surface area contributed by atoms with Crippen LogP contribution in [0.25, 0.3) is 11.5 Å². The number of carboxylic acid groups (broad SMARTS) is 1. The van der Waals surface area contributed by atoms with Crippen molar-refractivity contribution in [3.8, 4) is 11.5 Å². The van der Waals surface area contributed by atoms with Gasteiger partial charge in [-0.15, -0.1) is 22.0 Å². The number of β-lactam (4-membered cyclic amide) rings is 1. The number of oxime groups is 1. The van der Waals surface area contributed by atoms with Crippen molar-refractivity contribution in [1.82, 2.24) is 30.4 Å². The van der Waals surface area contributed by atoms with Gasteiger partial charge in [0.2, 0.25) is 11.6 Å². The first-order valence-corrected chi connectivity index (χ1v) is 13.8. The summed E-state index contributed by atoms with van der Waals surface area (Å²) in [5, 5.41) is 24.4. The molecule has 5 rings (SSSR count). The maximum absolute atomic E-state index is 13.0. The zero-order valence-corrected chi connectivity index (χ0v) is 22.9. The smallest absolute Gasteiger partial charge is 0.352 e. The molecule has 0 bridgehead atoms. The van der Waals surface area contributed by atoms with Crippen LogP contribution in [0.15, 0.2) is 62.6 Å². The summed E-state index contributed by atoms with van der Waals surface area (Å²) in [6.07, 6.45) is 1.35. The lowest BCUT2D eigenvalue weighted by molar-refractivity contribution is -0.150. The zero-order chi connectivity index (χ0) is 28.4. The van der Waals surface area contributed by atoms with E-state index in [9.17, 15) is 19.5 Å². The molecule has 0 radical (unpaired) electrons. The summed E-state index contributed by atoms with van der Waals surface area (Å²) >= 11 is 8.38. The van der Waals surface area contributed by atoms with E-state index in [0.29, 0.717) is 27.8 Å². The number of aromatic nitrogens is 4. The molecule has 2 atom stereocenters. The molecule has 0 aliphatic carbocycles. The van der Waals surface area contributed by atoms with E-state index < -0.39 is 29.2 Å². The van der Waals surface area contributed by atoms with Crippen molar-refractivity contribution < 1.29 is 28.7 Å². The predicted octanol–water partition coefficient (Wildman–Crippen LogP) is 1.64. The number of amides is 2. The van der Waals surface area contributed by atoms with Crippen LogP contribution in [0.1, 0.15) is 5.82 Å². The van der Waals surface area contributed by atoms with E-state index in [1.807, 2.05) is 0 Å². The van der Waals surface area contributed by atoms with Crippen LogP contribution < -0.4 is 11.1 Å². The van der Waals surface area contributed by atoms with Gasteiger partial charge in [-0.2, -0.15) is 0 Å². The van der Waals surface area contributed by atoms with Crippen molar-refractivity contribution in [3.63, 3.8) is 0 Å². The van der Waals surface area contributed by atoms with Gasteiger partial charge in [-0.25, -0.2) is 14.8 Å². The summed E-state index contributed by atoms with van der Waals surface area (Å²) in [6, 6.07) is 7.31. The van der Waals surface area contributed by atoms with E-state index >= 15 is 0 Å². The van der Waals surface area contributed by atoms with Crippen LogP contribution in [0.3, 0.4) is 0 Å². The first kappa shape index (κ1) is 27.4. The van der Waals surface area contributed by atoms with Crippen LogP contribution in [-0.2, 0) is 19.2 Å². The molecule has 206 valence electrons. The Balaban J connectivity index is 1.28. The third-order valence-electron chi connectivity index (χ3n) is 5.69. The molecule has 14 nitrogen and oxygen atoms in total. The molecule has 1 aromatic carbocycles. The molecule has 2 aliphatic heterocycles. The average molecular weight is 603 g/mol. The number of thioether (sulfide) groups is 2. The maximum Gasteiger partial charge on any atom is 0.352 e. The molecule has 2 aliphatic rings. The number of carboxylic acids is 1. The van der Waals surface area contributed by atoms with Gasteiger partial charge in [0, 0.05) is 28.3 Å². The largest absolute Gasteiger partial charge is 0.477 e. The third kappa shape index (κ3) is 5.45. The van der Waals surface area contributed by atoms with Crippen LogP contribution >= 0.6 is 35.1 Å². The molecule has 0 spiro atoms. The number of fused-ring (bicyclic) bond motifs is 1. The highest BCUT2D eigenvalue weighted by molar-refractivity contribution is 8.01. The molecule has 2 aromatic heterocycles. The highest BCUT2D eigenvalue weighted by atomic mass is 35.5. The molecular weight excluding hydrogens is 584 g/mol. The molecule has 4 heterocycles. The number of carbonyl (C=O) groups excluding carboxylic acids is 2. The van der Waals surface area contributed by atoms with Crippen LogP contribution in [0, 0.1) is 0 Å². The Morgan fingerprint density at radius 3 is 2.80 bits per heavy atom. The lowest BCUT2D eigenvalue weighted by atomic mass is 10.0. The second-order valence-electron chi connectivity index (χ2n) is 8.21. The molecule has 17 heteroatoms. The summed E-state index contributed by atoms with van der Waals surface area (Å²) in [6.45, 7) is 0. The maximum atomic E-state index is 13.0. The third-order valence-corrected chi connectivity index (χ3v) is 8.19. The summed E-state index contributed by atoms with van der Waals surface area (Å²) in [4.78, 5) is 52.0. The summed E-state index contributed by atoms with van der Waals surface area (Å²) < 4.78 is 5.68. The number of aliphatic carboxylic acids is 1. The van der Waals surface area contributed by atoms with Crippen molar-refractivity contribution in [2.75, 3.05) is 24.3 Å². The van der Waals surface area contributed by atoms with Gasteiger partial charge in [0.25, 0.3) is 17.0 Å². The van der Waals surface area contributed by atoms with E-state index in [0.717, 1.165) is 16.7 Å². The molecule has 1 saturated heterocycles. The topological polar surface area (TPSA) is 199 Å². The predicted molar refractivity (Wildman–Crippen MR) is 145 cm³/mol. The molecule has 1 unspecified atom stereocenters. The number of anilines is 1. The van der Waals surface area contributed by atoms with E-state index in [1.54, 1.807) is 24.3 Å². The Morgan fingerprint density at radius 1 is 1.32 bits per heavy atom. The van der Waals surface area contributed by atoms with Crippen molar-refractivity contribution >= 4 is 64.4 Å². The van der Waals surface area contributed by atoms with Crippen LogP contribution in [0.2, 0.25) is 5.02 Å². The normalized spacial score (nSPS) is 18.7.